The number of anilines is 1. The molecular weight excluding hydrogens is 346 g/mol. The van der Waals surface area contributed by atoms with Crippen LogP contribution in [0.25, 0.3) is 6.08 Å². The zero-order valence-electron chi connectivity index (χ0n) is 14.8. The number of nitrogens with zero attached hydrogens (tertiary/aromatic N) is 1. The van der Waals surface area contributed by atoms with Crippen LogP contribution in [0.1, 0.15) is 23.6 Å². The number of hydrogen-bond acceptors (Lipinski definition) is 4. The largest absolute Gasteiger partial charge is 0.326 e. The summed E-state index contributed by atoms with van der Waals surface area (Å²) >= 11 is 1.32. The molecule has 0 aliphatic carbocycles. The second kappa shape index (κ2) is 7.58. The third kappa shape index (κ3) is 4.40. The molecule has 1 aliphatic heterocycles. The van der Waals surface area contributed by atoms with Crippen LogP contribution < -0.4 is 10.6 Å². The van der Waals surface area contributed by atoms with Crippen LogP contribution in [0, 0.1) is 13.8 Å². The highest BCUT2D eigenvalue weighted by Gasteiger charge is 2.23. The molecule has 0 bridgehead atoms. The molecule has 0 radical (unpaired) electrons. The molecular formula is C20H19N3O2S. The molecule has 0 spiro atoms. The zero-order valence-corrected chi connectivity index (χ0v) is 15.6. The molecule has 132 valence electrons. The second-order valence-corrected chi connectivity index (χ2v) is 7.11. The van der Waals surface area contributed by atoms with E-state index in [9.17, 15) is 9.59 Å². The summed E-state index contributed by atoms with van der Waals surface area (Å²) in [7, 11) is 0. The second-order valence-electron chi connectivity index (χ2n) is 6.07. The van der Waals surface area contributed by atoms with Gasteiger partial charge in [-0.3, -0.25) is 9.59 Å². The molecule has 0 unspecified atom stereocenters. The van der Waals surface area contributed by atoms with Gasteiger partial charge in [-0.05, 0) is 61.0 Å². The number of nitrogens with one attached hydrogen (secondary N) is 2. The first kappa shape index (κ1) is 17.9. The molecule has 26 heavy (non-hydrogen) atoms. The van der Waals surface area contributed by atoms with Crippen molar-refractivity contribution >= 4 is 46.2 Å². The van der Waals surface area contributed by atoms with Crippen LogP contribution in [-0.2, 0) is 9.59 Å². The number of rotatable bonds is 3. The minimum Gasteiger partial charge on any atom is -0.326 e. The van der Waals surface area contributed by atoms with Crippen LogP contribution in [0.3, 0.4) is 0 Å². The van der Waals surface area contributed by atoms with Crippen molar-refractivity contribution in [1.29, 1.82) is 0 Å². The number of thioether (sulfide) groups is 1. The number of aliphatic imine (C=N–C) groups is 1. The average Bonchev–Trinajstić information content (AvgIpc) is 2.91. The number of amides is 2. The first-order chi connectivity index (χ1) is 12.4. The lowest BCUT2D eigenvalue weighted by molar-refractivity contribution is -0.115. The van der Waals surface area contributed by atoms with Crippen LogP contribution in [0.2, 0.25) is 0 Å². The van der Waals surface area contributed by atoms with E-state index in [1.54, 1.807) is 12.1 Å². The summed E-state index contributed by atoms with van der Waals surface area (Å²) in [6.07, 6.45) is 1.81. The van der Waals surface area contributed by atoms with E-state index in [4.69, 9.17) is 0 Å². The molecule has 1 saturated heterocycles. The number of carbonyl (C=O) groups is 2. The van der Waals surface area contributed by atoms with E-state index in [0.29, 0.717) is 10.1 Å². The van der Waals surface area contributed by atoms with E-state index in [-0.39, 0.29) is 11.8 Å². The van der Waals surface area contributed by atoms with Gasteiger partial charge in [0.2, 0.25) is 5.91 Å². The smallest absolute Gasteiger partial charge is 0.264 e. The molecule has 2 aromatic rings. The topological polar surface area (TPSA) is 70.6 Å². The van der Waals surface area contributed by atoms with Crippen LogP contribution >= 0.6 is 11.8 Å². The molecule has 2 aromatic carbocycles. The van der Waals surface area contributed by atoms with Crippen molar-refractivity contribution in [2.45, 2.75) is 20.8 Å². The summed E-state index contributed by atoms with van der Waals surface area (Å²) < 4.78 is 0. The van der Waals surface area contributed by atoms with Crippen LogP contribution in [0.4, 0.5) is 11.4 Å². The van der Waals surface area contributed by atoms with Crippen molar-refractivity contribution < 1.29 is 9.59 Å². The lowest BCUT2D eigenvalue weighted by Gasteiger charge is -2.02. The molecule has 1 fully saturated rings. The lowest BCUT2D eigenvalue weighted by Crippen LogP contribution is -2.19. The Kier molecular flexibility index (Phi) is 5.23. The molecule has 0 aromatic heterocycles. The number of benzene rings is 2. The van der Waals surface area contributed by atoms with Gasteiger partial charge in [0.25, 0.3) is 5.91 Å². The lowest BCUT2D eigenvalue weighted by atomic mass is 10.1. The van der Waals surface area contributed by atoms with Gasteiger partial charge in [-0.2, -0.15) is 0 Å². The van der Waals surface area contributed by atoms with Gasteiger partial charge >= 0.3 is 0 Å². The van der Waals surface area contributed by atoms with Crippen molar-refractivity contribution in [2.75, 3.05) is 5.32 Å². The molecule has 1 heterocycles. The Balaban J connectivity index is 1.77. The number of aryl methyl sites for hydroxylation is 2. The fourth-order valence-electron chi connectivity index (χ4n) is 2.54. The summed E-state index contributed by atoms with van der Waals surface area (Å²) in [6.45, 7) is 5.50. The van der Waals surface area contributed by atoms with Crippen molar-refractivity contribution in [3.63, 3.8) is 0 Å². The van der Waals surface area contributed by atoms with Gasteiger partial charge in [0.05, 0.1) is 10.6 Å². The van der Waals surface area contributed by atoms with Crippen LogP contribution in [0.15, 0.2) is 52.4 Å². The normalized spacial score (nSPS) is 16.8. The molecule has 6 heteroatoms. The van der Waals surface area contributed by atoms with Crippen molar-refractivity contribution in [2.24, 2.45) is 4.99 Å². The summed E-state index contributed by atoms with van der Waals surface area (Å²) in [6, 6.07) is 13.3. The minimum absolute atomic E-state index is 0.117. The third-order valence-corrected chi connectivity index (χ3v) is 4.66. The Labute approximate surface area is 156 Å². The molecule has 2 N–H and O–H groups in total. The summed E-state index contributed by atoms with van der Waals surface area (Å²) in [5.74, 6) is -0.279. The van der Waals surface area contributed by atoms with Gasteiger partial charge in [-0.1, -0.05) is 29.8 Å². The maximum absolute atomic E-state index is 12.2. The van der Waals surface area contributed by atoms with Crippen molar-refractivity contribution in [1.82, 2.24) is 5.32 Å². The number of amidine groups is 1. The predicted molar refractivity (Wildman–Crippen MR) is 107 cm³/mol. The molecule has 1 aliphatic rings. The molecule has 3 rings (SSSR count). The minimum atomic E-state index is -0.163. The highest BCUT2D eigenvalue weighted by Crippen LogP contribution is 2.29. The SMILES string of the molecule is CC(=O)Nc1ccc(/C=C2/SC(=Nc3ccc(C)cc3C)NC2=O)cc1. The quantitative estimate of drug-likeness (QED) is 0.803. The standard InChI is InChI=1S/C20H19N3O2S/c1-12-4-9-17(13(2)10-12)22-20-23-19(25)18(26-20)11-15-5-7-16(8-6-15)21-14(3)24/h4-11H,1-3H3,(H,21,24)(H,22,23,25)/b18-11+. The Bertz CT molecular complexity index is 931. The molecule has 0 atom stereocenters. The fraction of sp³-hybridized carbons (Fsp3) is 0.150. The summed E-state index contributed by atoms with van der Waals surface area (Å²) in [5, 5.41) is 6.09. The molecule has 0 saturated carbocycles. The van der Waals surface area contributed by atoms with Crippen LogP contribution in [-0.4, -0.2) is 17.0 Å². The highest BCUT2D eigenvalue weighted by molar-refractivity contribution is 8.18. The Morgan fingerprint density at radius 1 is 1.15 bits per heavy atom. The van der Waals surface area contributed by atoms with E-state index in [1.807, 2.05) is 44.2 Å². The van der Waals surface area contributed by atoms with E-state index in [2.05, 4.69) is 21.7 Å². The summed E-state index contributed by atoms with van der Waals surface area (Å²) in [4.78, 5) is 28.4. The molecule has 5 nitrogen and oxygen atoms in total. The number of hydrogen-bond donors (Lipinski definition) is 2. The number of carbonyl (C=O) groups excluding carboxylic acids is 2. The Morgan fingerprint density at radius 2 is 1.88 bits per heavy atom. The molecule has 2 amide bonds. The van der Waals surface area contributed by atoms with Gasteiger partial charge in [-0.15, -0.1) is 0 Å². The van der Waals surface area contributed by atoms with E-state index >= 15 is 0 Å². The Morgan fingerprint density at radius 3 is 2.54 bits per heavy atom. The van der Waals surface area contributed by atoms with E-state index in [1.165, 1.54) is 24.2 Å². The van der Waals surface area contributed by atoms with E-state index in [0.717, 1.165) is 22.5 Å². The van der Waals surface area contributed by atoms with Gasteiger partial charge < -0.3 is 10.6 Å². The third-order valence-electron chi connectivity index (χ3n) is 3.75. The van der Waals surface area contributed by atoms with Gasteiger partial charge in [0, 0.05) is 12.6 Å². The summed E-state index contributed by atoms with van der Waals surface area (Å²) in [5.41, 5.74) is 4.69. The van der Waals surface area contributed by atoms with Crippen molar-refractivity contribution in [3.05, 3.63) is 64.1 Å². The maximum Gasteiger partial charge on any atom is 0.264 e. The fourth-order valence-corrected chi connectivity index (χ4v) is 3.37. The maximum atomic E-state index is 12.2. The van der Waals surface area contributed by atoms with Gasteiger partial charge in [0.15, 0.2) is 5.17 Å². The van der Waals surface area contributed by atoms with Gasteiger partial charge in [-0.25, -0.2) is 4.99 Å². The average molecular weight is 365 g/mol. The van der Waals surface area contributed by atoms with Crippen LogP contribution in [0.5, 0.6) is 0 Å². The first-order valence-electron chi connectivity index (χ1n) is 8.15. The monoisotopic (exact) mass is 365 g/mol. The van der Waals surface area contributed by atoms with Gasteiger partial charge in [0.1, 0.15) is 0 Å². The zero-order chi connectivity index (χ0) is 18.7. The Hall–Kier alpha value is -2.86. The highest BCUT2D eigenvalue weighted by atomic mass is 32.2. The van der Waals surface area contributed by atoms with E-state index < -0.39 is 0 Å². The van der Waals surface area contributed by atoms with Crippen molar-refractivity contribution in [3.8, 4) is 0 Å². The predicted octanol–water partition coefficient (Wildman–Crippen LogP) is 4.15. The first-order valence-corrected chi connectivity index (χ1v) is 8.97.